The molecule has 0 spiro atoms. The Bertz CT molecular complexity index is 659. The summed E-state index contributed by atoms with van der Waals surface area (Å²) in [6.07, 6.45) is 8.33. The first-order chi connectivity index (χ1) is 10.1. The van der Waals surface area contributed by atoms with Gasteiger partial charge in [-0.2, -0.15) is 4.52 Å². The molecule has 3 rings (SSSR count). The summed E-state index contributed by atoms with van der Waals surface area (Å²) < 4.78 is 1.37. The van der Waals surface area contributed by atoms with Crippen LogP contribution in [0.3, 0.4) is 0 Å². The summed E-state index contributed by atoms with van der Waals surface area (Å²) >= 11 is 1.43. The van der Waals surface area contributed by atoms with Gasteiger partial charge in [0, 0.05) is 18.3 Å². The number of nitrogens with one attached hydrogen (secondary N) is 1. The summed E-state index contributed by atoms with van der Waals surface area (Å²) in [5, 5.41) is 8.57. The normalized spacial score (nSPS) is 19.5. The van der Waals surface area contributed by atoms with E-state index in [9.17, 15) is 4.79 Å². The van der Waals surface area contributed by atoms with Gasteiger partial charge in [0.15, 0.2) is 0 Å². The molecule has 0 saturated heterocycles. The predicted molar refractivity (Wildman–Crippen MR) is 86.0 cm³/mol. The second kappa shape index (κ2) is 6.13. The van der Waals surface area contributed by atoms with Crippen molar-refractivity contribution in [2.24, 2.45) is 11.8 Å². The lowest BCUT2D eigenvalue weighted by molar-refractivity contribution is 0.246. The molecular weight excluding hydrogens is 284 g/mol. The van der Waals surface area contributed by atoms with Crippen molar-refractivity contribution in [1.29, 1.82) is 0 Å². The van der Waals surface area contributed by atoms with E-state index in [2.05, 4.69) is 29.2 Å². The van der Waals surface area contributed by atoms with Gasteiger partial charge < -0.3 is 5.32 Å². The second-order valence-electron chi connectivity index (χ2n) is 6.07. The zero-order valence-electron chi connectivity index (χ0n) is 12.6. The van der Waals surface area contributed by atoms with Crippen LogP contribution in [0, 0.1) is 11.8 Å². The van der Waals surface area contributed by atoms with Gasteiger partial charge in [-0.15, -0.1) is 5.10 Å². The average Bonchev–Trinajstić information content (AvgIpc) is 2.91. The molecule has 2 aromatic heterocycles. The maximum atomic E-state index is 11.7. The molecule has 2 atom stereocenters. The van der Waals surface area contributed by atoms with Crippen LogP contribution in [-0.4, -0.2) is 20.6 Å². The summed E-state index contributed by atoms with van der Waals surface area (Å²) in [4.78, 5) is 16.5. The van der Waals surface area contributed by atoms with Crippen molar-refractivity contribution < 1.29 is 0 Å². The lowest BCUT2D eigenvalue weighted by Crippen LogP contribution is -2.31. The highest BCUT2D eigenvalue weighted by Gasteiger charge is 2.25. The SMILES string of the molecule is CC(Nc1nn2c(=O)ccnc2s1)C(C)C1CCCCC1. The summed E-state index contributed by atoms with van der Waals surface area (Å²) in [7, 11) is 0. The van der Waals surface area contributed by atoms with Crippen LogP contribution in [0.15, 0.2) is 17.1 Å². The standard InChI is InChI=1S/C15H22N4OS/c1-10(12-6-4-3-5-7-12)11(2)17-14-18-19-13(20)8-9-16-15(19)21-14/h8-12H,3-7H2,1-2H3,(H,17,18). The number of fused-ring (bicyclic) bond motifs is 1. The molecule has 5 nitrogen and oxygen atoms in total. The highest BCUT2D eigenvalue weighted by molar-refractivity contribution is 7.20. The van der Waals surface area contributed by atoms with Gasteiger partial charge in [-0.3, -0.25) is 4.79 Å². The highest BCUT2D eigenvalue weighted by atomic mass is 32.1. The Kier molecular flexibility index (Phi) is 4.24. The fraction of sp³-hybridized carbons (Fsp3) is 0.667. The molecule has 0 aliphatic heterocycles. The van der Waals surface area contributed by atoms with Crippen molar-refractivity contribution in [3.63, 3.8) is 0 Å². The number of anilines is 1. The molecular formula is C15H22N4OS. The van der Waals surface area contributed by atoms with E-state index in [0.717, 1.165) is 11.0 Å². The first-order valence-corrected chi connectivity index (χ1v) is 8.58. The van der Waals surface area contributed by atoms with Crippen molar-refractivity contribution in [1.82, 2.24) is 14.6 Å². The Hall–Kier alpha value is -1.43. The Labute approximate surface area is 128 Å². The summed E-state index contributed by atoms with van der Waals surface area (Å²) in [6.45, 7) is 4.53. The lowest BCUT2D eigenvalue weighted by Gasteiger charge is -2.32. The summed E-state index contributed by atoms with van der Waals surface area (Å²) in [5.41, 5.74) is -0.128. The minimum absolute atomic E-state index is 0.128. The van der Waals surface area contributed by atoms with Gasteiger partial charge in [0.05, 0.1) is 0 Å². The van der Waals surface area contributed by atoms with Crippen LogP contribution in [0.2, 0.25) is 0 Å². The summed E-state index contributed by atoms with van der Waals surface area (Å²) in [5.74, 6) is 1.42. The fourth-order valence-electron chi connectivity index (χ4n) is 3.20. The predicted octanol–water partition coefficient (Wildman–Crippen LogP) is 3.17. The molecule has 6 heteroatoms. The Morgan fingerprint density at radius 2 is 2.10 bits per heavy atom. The number of aromatic nitrogens is 3. The molecule has 2 unspecified atom stereocenters. The van der Waals surface area contributed by atoms with E-state index in [4.69, 9.17) is 0 Å². The van der Waals surface area contributed by atoms with Crippen LogP contribution in [0.25, 0.3) is 4.96 Å². The molecule has 1 N–H and O–H groups in total. The largest absolute Gasteiger partial charge is 0.357 e. The van der Waals surface area contributed by atoms with E-state index in [1.165, 1.54) is 60.2 Å². The first-order valence-electron chi connectivity index (χ1n) is 7.76. The minimum atomic E-state index is -0.128. The smallest absolute Gasteiger partial charge is 0.275 e. The summed E-state index contributed by atoms with van der Waals surface area (Å²) in [6, 6.07) is 1.79. The van der Waals surface area contributed by atoms with Crippen LogP contribution in [0.5, 0.6) is 0 Å². The van der Waals surface area contributed by atoms with Crippen LogP contribution in [0.1, 0.15) is 46.0 Å². The zero-order chi connectivity index (χ0) is 14.8. The molecule has 1 aliphatic rings. The molecule has 2 aromatic rings. The quantitative estimate of drug-likeness (QED) is 0.942. The van der Waals surface area contributed by atoms with E-state index in [1.807, 2.05) is 0 Å². The molecule has 0 aromatic carbocycles. The van der Waals surface area contributed by atoms with E-state index >= 15 is 0 Å². The van der Waals surface area contributed by atoms with E-state index in [1.54, 1.807) is 0 Å². The van der Waals surface area contributed by atoms with Crippen LogP contribution in [-0.2, 0) is 0 Å². The zero-order valence-corrected chi connectivity index (χ0v) is 13.4. The average molecular weight is 306 g/mol. The van der Waals surface area contributed by atoms with Crippen molar-refractivity contribution in [3.8, 4) is 0 Å². The van der Waals surface area contributed by atoms with Crippen molar-refractivity contribution in [2.45, 2.75) is 52.0 Å². The molecule has 0 amide bonds. The van der Waals surface area contributed by atoms with Gasteiger partial charge in [-0.25, -0.2) is 4.98 Å². The Morgan fingerprint density at radius 3 is 2.81 bits per heavy atom. The molecule has 0 bridgehead atoms. The van der Waals surface area contributed by atoms with E-state index in [0.29, 0.717) is 16.9 Å². The number of hydrogen-bond donors (Lipinski definition) is 1. The molecule has 2 heterocycles. The Morgan fingerprint density at radius 1 is 1.33 bits per heavy atom. The van der Waals surface area contributed by atoms with Crippen LogP contribution >= 0.6 is 11.3 Å². The second-order valence-corrected chi connectivity index (χ2v) is 7.03. The molecule has 1 aliphatic carbocycles. The monoisotopic (exact) mass is 306 g/mol. The third kappa shape index (κ3) is 3.10. The third-order valence-corrected chi connectivity index (χ3v) is 5.56. The van der Waals surface area contributed by atoms with Crippen molar-refractivity contribution in [3.05, 3.63) is 22.6 Å². The van der Waals surface area contributed by atoms with Gasteiger partial charge >= 0.3 is 0 Å². The molecule has 1 saturated carbocycles. The molecule has 114 valence electrons. The van der Waals surface area contributed by atoms with Gasteiger partial charge in [0.2, 0.25) is 10.1 Å². The topological polar surface area (TPSA) is 59.3 Å². The van der Waals surface area contributed by atoms with Gasteiger partial charge in [-0.05, 0) is 18.8 Å². The maximum absolute atomic E-state index is 11.7. The molecule has 0 radical (unpaired) electrons. The number of hydrogen-bond acceptors (Lipinski definition) is 5. The minimum Gasteiger partial charge on any atom is -0.357 e. The van der Waals surface area contributed by atoms with E-state index < -0.39 is 0 Å². The number of nitrogens with zero attached hydrogens (tertiary/aromatic N) is 3. The fourth-order valence-corrected chi connectivity index (χ4v) is 4.07. The lowest BCUT2D eigenvalue weighted by atomic mass is 9.78. The molecule has 21 heavy (non-hydrogen) atoms. The van der Waals surface area contributed by atoms with Crippen LogP contribution < -0.4 is 10.9 Å². The molecule has 1 fully saturated rings. The Balaban J connectivity index is 1.71. The highest BCUT2D eigenvalue weighted by Crippen LogP contribution is 2.32. The first kappa shape index (κ1) is 14.5. The van der Waals surface area contributed by atoms with Crippen molar-refractivity contribution in [2.75, 3.05) is 5.32 Å². The van der Waals surface area contributed by atoms with Gasteiger partial charge in [-0.1, -0.05) is 50.4 Å². The third-order valence-electron chi connectivity index (χ3n) is 4.70. The van der Waals surface area contributed by atoms with Crippen molar-refractivity contribution >= 4 is 21.4 Å². The van der Waals surface area contributed by atoms with Crippen LogP contribution in [0.4, 0.5) is 5.13 Å². The number of rotatable bonds is 4. The van der Waals surface area contributed by atoms with Gasteiger partial charge in [0.25, 0.3) is 5.56 Å². The maximum Gasteiger partial charge on any atom is 0.275 e. The van der Waals surface area contributed by atoms with E-state index in [-0.39, 0.29) is 5.56 Å². The van der Waals surface area contributed by atoms with Gasteiger partial charge in [0.1, 0.15) is 0 Å².